The van der Waals surface area contributed by atoms with Crippen molar-refractivity contribution in [2.24, 2.45) is 0 Å². The number of hydrogen-bond acceptors (Lipinski definition) is 4. The number of benzene rings is 4. The molecule has 0 aliphatic rings. The summed E-state index contributed by atoms with van der Waals surface area (Å²) in [6, 6.07) is 47.6. The van der Waals surface area contributed by atoms with Gasteiger partial charge in [-0.2, -0.15) is 0 Å². The Kier molecular flexibility index (Phi) is 9.42. The van der Waals surface area contributed by atoms with Gasteiger partial charge < -0.3 is 9.47 Å². The van der Waals surface area contributed by atoms with Crippen LogP contribution >= 0.6 is 0 Å². The zero-order valence-electron chi connectivity index (χ0n) is 25.1. The van der Waals surface area contributed by atoms with Gasteiger partial charge in [-0.25, -0.2) is 0 Å². The van der Waals surface area contributed by atoms with Gasteiger partial charge in [-0.1, -0.05) is 72.8 Å². The molecule has 2 heterocycles. The van der Waals surface area contributed by atoms with Crippen LogP contribution < -0.4 is 9.47 Å². The maximum absolute atomic E-state index is 5.39. The topological polar surface area (TPSA) is 44.2 Å². The van der Waals surface area contributed by atoms with Crippen LogP contribution in [0.5, 0.6) is 11.5 Å². The van der Waals surface area contributed by atoms with E-state index in [4.69, 9.17) is 19.4 Å². The molecule has 0 unspecified atom stereocenters. The van der Waals surface area contributed by atoms with Crippen molar-refractivity contribution in [3.8, 4) is 56.3 Å². The number of ether oxygens (including phenoxy) is 2. The summed E-state index contributed by atoms with van der Waals surface area (Å²) >= 11 is 0. The minimum absolute atomic E-state index is 0. The van der Waals surface area contributed by atoms with E-state index in [0.29, 0.717) is 0 Å². The molecule has 0 atom stereocenters. The molecule has 0 aliphatic carbocycles. The van der Waals surface area contributed by atoms with Crippen molar-refractivity contribution in [1.29, 1.82) is 0 Å². The molecule has 0 saturated carbocycles. The summed E-state index contributed by atoms with van der Waals surface area (Å²) in [5.74, 6) is 1.51. The van der Waals surface area contributed by atoms with Gasteiger partial charge in [-0.05, 0) is 59.6 Å². The van der Waals surface area contributed by atoms with Gasteiger partial charge in [-0.15, -0.1) is 59.7 Å². The predicted molar refractivity (Wildman–Crippen MR) is 173 cm³/mol. The van der Waals surface area contributed by atoms with Crippen LogP contribution in [-0.2, 0) is 26.5 Å². The smallest absolute Gasteiger partial charge is 0.540 e. The van der Waals surface area contributed by atoms with Crippen LogP contribution in [0.2, 0.25) is 0 Å². The maximum atomic E-state index is 5.39. The van der Waals surface area contributed by atoms with Crippen molar-refractivity contribution in [3.63, 3.8) is 0 Å². The Morgan fingerprint density at radius 2 is 0.932 bits per heavy atom. The van der Waals surface area contributed by atoms with E-state index in [1.54, 1.807) is 14.2 Å². The normalized spacial score (nSPS) is 11.0. The SMILES string of the molecule is COc1c[c-]c(-c2nc(C(C)(C)c3ccc(-c4ccccc4)c(-c4[c-]cc(OC)cc4)n3)ccc2-c2ccccc2)cc1.[Pt+2]. The van der Waals surface area contributed by atoms with Crippen LogP contribution in [0.15, 0.2) is 121 Å². The maximum Gasteiger partial charge on any atom is 2.00 e. The van der Waals surface area contributed by atoms with Crippen molar-refractivity contribution in [3.05, 3.63) is 145 Å². The Balaban J connectivity index is 0.00000384. The summed E-state index contributed by atoms with van der Waals surface area (Å²) in [6.07, 6.45) is 0. The van der Waals surface area contributed by atoms with Gasteiger partial charge in [-0.3, -0.25) is 9.97 Å². The monoisotopic (exact) mass is 755 g/mol. The average Bonchev–Trinajstić information content (AvgIpc) is 3.08. The fourth-order valence-corrected chi connectivity index (χ4v) is 5.23. The summed E-state index contributed by atoms with van der Waals surface area (Å²) in [7, 11) is 3.32. The molecule has 0 fully saturated rings. The molecule has 0 bridgehead atoms. The number of methoxy groups -OCH3 is 2. The standard InChI is InChI=1S/C39H32N2O2.Pt/c1-39(2,35-25-23-33(27-11-7-5-8-12-27)37(40-35)29-15-19-31(42-3)20-16-29)36-26-24-34(28-13-9-6-10-14-28)38(41-36)30-17-21-32(43-4)22-18-30;/h5-15,17,19-26H,1-4H3;/q-2;+2. The molecule has 6 aromatic rings. The Bertz CT molecular complexity index is 1700. The summed E-state index contributed by atoms with van der Waals surface area (Å²) in [5, 5.41) is 0. The van der Waals surface area contributed by atoms with Crippen molar-refractivity contribution in [1.82, 2.24) is 9.97 Å². The number of pyridine rings is 2. The van der Waals surface area contributed by atoms with Crippen molar-refractivity contribution < 1.29 is 30.5 Å². The van der Waals surface area contributed by atoms with E-state index in [9.17, 15) is 0 Å². The fraction of sp³-hybridized carbons (Fsp3) is 0.128. The van der Waals surface area contributed by atoms with Crippen LogP contribution in [0.4, 0.5) is 0 Å². The van der Waals surface area contributed by atoms with Gasteiger partial charge in [0, 0.05) is 28.3 Å². The molecule has 0 radical (unpaired) electrons. The quantitative estimate of drug-likeness (QED) is 0.146. The van der Waals surface area contributed by atoms with E-state index in [1.165, 1.54) is 0 Å². The molecule has 5 heteroatoms. The fourth-order valence-electron chi connectivity index (χ4n) is 5.23. The molecular weight excluding hydrogens is 724 g/mol. The minimum atomic E-state index is -0.507. The van der Waals surface area contributed by atoms with E-state index in [-0.39, 0.29) is 21.1 Å². The molecule has 0 amide bonds. The van der Waals surface area contributed by atoms with E-state index < -0.39 is 5.41 Å². The van der Waals surface area contributed by atoms with Gasteiger partial charge in [0.25, 0.3) is 0 Å². The predicted octanol–water partition coefficient (Wildman–Crippen LogP) is 9.09. The van der Waals surface area contributed by atoms with Crippen molar-refractivity contribution in [2.45, 2.75) is 19.3 Å². The zero-order chi connectivity index (χ0) is 29.8. The molecule has 0 spiro atoms. The molecule has 4 nitrogen and oxygen atoms in total. The third-order valence-electron chi connectivity index (χ3n) is 7.79. The second-order valence-corrected chi connectivity index (χ2v) is 10.8. The first-order valence-corrected chi connectivity index (χ1v) is 14.2. The van der Waals surface area contributed by atoms with Crippen LogP contribution in [-0.4, -0.2) is 24.2 Å². The van der Waals surface area contributed by atoms with Gasteiger partial charge in [0.2, 0.25) is 0 Å². The number of hydrogen-bond donors (Lipinski definition) is 0. The third-order valence-corrected chi connectivity index (χ3v) is 7.79. The molecular formula is C39H32N2O2Pt. The first-order chi connectivity index (χ1) is 21.0. The molecule has 0 aliphatic heterocycles. The van der Waals surface area contributed by atoms with E-state index in [2.05, 4.69) is 74.5 Å². The first-order valence-electron chi connectivity index (χ1n) is 14.2. The third kappa shape index (κ3) is 6.23. The number of nitrogens with zero attached hydrogens (tertiary/aromatic N) is 2. The molecule has 4 aromatic carbocycles. The summed E-state index contributed by atoms with van der Waals surface area (Å²) < 4.78 is 10.8. The molecule has 220 valence electrons. The zero-order valence-corrected chi connectivity index (χ0v) is 27.3. The van der Waals surface area contributed by atoms with Gasteiger partial charge in [0.05, 0.1) is 14.2 Å². The van der Waals surface area contributed by atoms with E-state index in [1.807, 2.05) is 72.8 Å². The largest absolute Gasteiger partial charge is 2.00 e. The molecule has 6 rings (SSSR count). The van der Waals surface area contributed by atoms with Crippen LogP contribution in [0.1, 0.15) is 25.2 Å². The van der Waals surface area contributed by atoms with Gasteiger partial charge in [0.1, 0.15) is 0 Å². The van der Waals surface area contributed by atoms with Crippen molar-refractivity contribution >= 4 is 0 Å². The van der Waals surface area contributed by atoms with Crippen LogP contribution in [0.25, 0.3) is 44.8 Å². The summed E-state index contributed by atoms with van der Waals surface area (Å²) in [4.78, 5) is 10.6. The second kappa shape index (κ2) is 13.4. The minimum Gasteiger partial charge on any atom is -0.540 e. The van der Waals surface area contributed by atoms with Gasteiger partial charge >= 0.3 is 21.1 Å². The summed E-state index contributed by atoms with van der Waals surface area (Å²) in [6.45, 7) is 4.34. The molecule has 2 aromatic heterocycles. The Labute approximate surface area is 274 Å². The Morgan fingerprint density at radius 3 is 1.27 bits per heavy atom. The number of rotatable bonds is 8. The molecule has 0 saturated heterocycles. The van der Waals surface area contributed by atoms with Crippen LogP contribution in [0, 0.1) is 12.1 Å². The molecule has 0 N–H and O–H groups in total. The van der Waals surface area contributed by atoms with E-state index in [0.717, 1.165) is 67.7 Å². The second-order valence-electron chi connectivity index (χ2n) is 10.8. The average molecular weight is 756 g/mol. The molecule has 44 heavy (non-hydrogen) atoms. The van der Waals surface area contributed by atoms with Gasteiger partial charge in [0.15, 0.2) is 0 Å². The first kappa shape index (κ1) is 30.9. The van der Waals surface area contributed by atoms with Crippen molar-refractivity contribution in [2.75, 3.05) is 14.2 Å². The number of aromatic nitrogens is 2. The summed E-state index contributed by atoms with van der Waals surface area (Å²) in [5.41, 5.74) is 9.14. The Hall–Kier alpha value is -4.53. The Morgan fingerprint density at radius 1 is 0.523 bits per heavy atom. The van der Waals surface area contributed by atoms with Crippen LogP contribution in [0.3, 0.4) is 0 Å². The van der Waals surface area contributed by atoms with E-state index >= 15 is 0 Å².